The van der Waals surface area contributed by atoms with Crippen LogP contribution in [-0.2, 0) is 12.7 Å². The fourth-order valence-corrected chi connectivity index (χ4v) is 2.80. The number of alkyl halides is 3. The number of carbonyl (C=O) groups is 1. The minimum absolute atomic E-state index is 0.195. The molecule has 1 heterocycles. The van der Waals surface area contributed by atoms with Crippen LogP contribution in [0, 0.1) is 0 Å². The average molecular weight is 376 g/mol. The first kappa shape index (κ1) is 18.5. The van der Waals surface area contributed by atoms with Gasteiger partial charge in [-0.25, -0.2) is 0 Å². The molecule has 0 radical (unpaired) electrons. The topological polar surface area (TPSA) is 74.3 Å². The van der Waals surface area contributed by atoms with Crippen molar-refractivity contribution in [3.63, 3.8) is 0 Å². The Balaban J connectivity index is 1.90. The van der Waals surface area contributed by atoms with Crippen molar-refractivity contribution >= 4 is 16.7 Å². The number of ether oxygens (including phenoxy) is 1. The summed E-state index contributed by atoms with van der Waals surface area (Å²) < 4.78 is 45.7. The van der Waals surface area contributed by atoms with E-state index in [0.29, 0.717) is 16.4 Å². The highest BCUT2D eigenvalue weighted by molar-refractivity contribution is 5.92. The molecule has 0 aliphatic rings. The molecule has 3 aromatic rings. The molecular formula is C19H15F3N2O3. The summed E-state index contributed by atoms with van der Waals surface area (Å²) in [5.74, 6) is -0.599. The lowest BCUT2D eigenvalue weighted by Crippen LogP contribution is -2.35. The fourth-order valence-electron chi connectivity index (χ4n) is 2.80. The summed E-state index contributed by atoms with van der Waals surface area (Å²) in [5.41, 5.74) is 2.29. The minimum atomic E-state index is -4.76. The summed E-state index contributed by atoms with van der Waals surface area (Å²) in [4.78, 5) is 23.5. The van der Waals surface area contributed by atoms with Crippen LogP contribution < -0.4 is 16.0 Å². The van der Waals surface area contributed by atoms with Gasteiger partial charge in [0, 0.05) is 5.39 Å². The molecule has 2 N–H and O–H groups in total. The zero-order chi connectivity index (χ0) is 19.6. The normalized spacial score (nSPS) is 11.5. The number of hydrogen-bond donors (Lipinski definition) is 1. The van der Waals surface area contributed by atoms with Crippen molar-refractivity contribution in [3.05, 3.63) is 76.2 Å². The standard InChI is InChI=1S/C19H15F3N2O3/c20-19(21,22)16-9-8-14(17(23)25)18(26)24(16)10-11-27-15-7-3-5-12-4-1-2-6-13(12)15/h1-9H,10-11H2,(H2,23,25). The lowest BCUT2D eigenvalue weighted by molar-refractivity contribution is -0.144. The van der Waals surface area contributed by atoms with Crippen molar-refractivity contribution in [1.29, 1.82) is 0 Å². The van der Waals surface area contributed by atoms with E-state index in [-0.39, 0.29) is 6.61 Å². The van der Waals surface area contributed by atoms with Gasteiger partial charge in [-0.05, 0) is 23.6 Å². The molecule has 3 rings (SSSR count). The molecule has 0 saturated heterocycles. The van der Waals surface area contributed by atoms with E-state index in [2.05, 4.69) is 0 Å². The Hall–Kier alpha value is -3.29. The SMILES string of the molecule is NC(=O)c1ccc(C(F)(F)F)n(CCOc2cccc3ccccc23)c1=O. The van der Waals surface area contributed by atoms with Crippen LogP contribution in [0.4, 0.5) is 13.2 Å². The van der Waals surface area contributed by atoms with Crippen molar-refractivity contribution in [3.8, 4) is 5.75 Å². The van der Waals surface area contributed by atoms with Gasteiger partial charge in [0.2, 0.25) is 0 Å². The molecule has 0 bridgehead atoms. The van der Waals surface area contributed by atoms with E-state index < -0.39 is 35.4 Å². The van der Waals surface area contributed by atoms with Crippen LogP contribution in [0.5, 0.6) is 5.75 Å². The van der Waals surface area contributed by atoms with E-state index >= 15 is 0 Å². The van der Waals surface area contributed by atoms with E-state index in [0.717, 1.165) is 16.8 Å². The minimum Gasteiger partial charge on any atom is -0.491 e. The van der Waals surface area contributed by atoms with Crippen LogP contribution >= 0.6 is 0 Å². The van der Waals surface area contributed by atoms with Crippen LogP contribution in [0.3, 0.4) is 0 Å². The molecule has 27 heavy (non-hydrogen) atoms. The number of pyridine rings is 1. The number of rotatable bonds is 5. The first-order valence-electron chi connectivity index (χ1n) is 8.00. The van der Waals surface area contributed by atoms with Gasteiger partial charge in [0.05, 0.1) is 6.54 Å². The Bertz CT molecular complexity index is 1050. The van der Waals surface area contributed by atoms with Crippen molar-refractivity contribution in [1.82, 2.24) is 4.57 Å². The van der Waals surface area contributed by atoms with Gasteiger partial charge in [0.25, 0.3) is 11.5 Å². The molecule has 0 saturated carbocycles. The highest BCUT2D eigenvalue weighted by atomic mass is 19.4. The third-order valence-electron chi connectivity index (χ3n) is 4.05. The van der Waals surface area contributed by atoms with Gasteiger partial charge < -0.3 is 15.0 Å². The van der Waals surface area contributed by atoms with Crippen LogP contribution in [0.15, 0.2) is 59.4 Å². The largest absolute Gasteiger partial charge is 0.491 e. The monoisotopic (exact) mass is 376 g/mol. The van der Waals surface area contributed by atoms with E-state index in [1.165, 1.54) is 0 Å². The number of carbonyl (C=O) groups excluding carboxylic acids is 1. The number of amides is 1. The van der Waals surface area contributed by atoms with E-state index in [1.807, 2.05) is 30.3 Å². The number of halogens is 3. The summed E-state index contributed by atoms with van der Waals surface area (Å²) in [5, 5.41) is 1.72. The number of nitrogens with zero attached hydrogens (tertiary/aromatic N) is 1. The van der Waals surface area contributed by atoms with Crippen LogP contribution in [0.1, 0.15) is 16.1 Å². The number of primary amides is 1. The van der Waals surface area contributed by atoms with E-state index in [9.17, 15) is 22.8 Å². The summed E-state index contributed by atoms with van der Waals surface area (Å²) >= 11 is 0. The van der Waals surface area contributed by atoms with Gasteiger partial charge in [0.1, 0.15) is 23.6 Å². The number of nitrogens with two attached hydrogens (primary N) is 1. The third kappa shape index (κ3) is 3.79. The zero-order valence-electron chi connectivity index (χ0n) is 14.0. The van der Waals surface area contributed by atoms with E-state index in [4.69, 9.17) is 10.5 Å². The first-order valence-corrected chi connectivity index (χ1v) is 8.00. The average Bonchev–Trinajstić information content (AvgIpc) is 2.61. The lowest BCUT2D eigenvalue weighted by atomic mass is 10.1. The molecule has 0 atom stereocenters. The Morgan fingerprint density at radius 1 is 1.04 bits per heavy atom. The summed E-state index contributed by atoms with van der Waals surface area (Å²) in [6.07, 6.45) is -4.76. The Morgan fingerprint density at radius 3 is 2.44 bits per heavy atom. The van der Waals surface area contributed by atoms with Gasteiger partial charge in [-0.1, -0.05) is 36.4 Å². The molecule has 5 nitrogen and oxygen atoms in total. The molecule has 0 aliphatic heterocycles. The summed E-state index contributed by atoms with van der Waals surface area (Å²) in [6.45, 7) is -0.586. The van der Waals surface area contributed by atoms with Crippen molar-refractivity contribution in [2.45, 2.75) is 12.7 Å². The highest BCUT2D eigenvalue weighted by Crippen LogP contribution is 2.29. The Kier molecular flexibility index (Phi) is 4.89. The zero-order valence-corrected chi connectivity index (χ0v) is 14.0. The molecule has 0 spiro atoms. The molecule has 2 aromatic carbocycles. The second kappa shape index (κ2) is 7.14. The Labute approximate surface area is 151 Å². The smallest absolute Gasteiger partial charge is 0.431 e. The number of hydrogen-bond acceptors (Lipinski definition) is 3. The van der Waals surface area contributed by atoms with Gasteiger partial charge in [-0.3, -0.25) is 9.59 Å². The number of benzene rings is 2. The molecule has 1 aromatic heterocycles. The van der Waals surface area contributed by atoms with E-state index in [1.54, 1.807) is 12.1 Å². The van der Waals surface area contributed by atoms with Crippen molar-refractivity contribution < 1.29 is 22.7 Å². The van der Waals surface area contributed by atoms with Gasteiger partial charge in [-0.15, -0.1) is 0 Å². The fraction of sp³-hybridized carbons (Fsp3) is 0.158. The number of aromatic nitrogens is 1. The molecule has 8 heteroatoms. The van der Waals surface area contributed by atoms with Crippen LogP contribution in [0.25, 0.3) is 10.8 Å². The Morgan fingerprint density at radius 2 is 1.74 bits per heavy atom. The third-order valence-corrected chi connectivity index (χ3v) is 4.05. The molecular weight excluding hydrogens is 361 g/mol. The maximum absolute atomic E-state index is 13.2. The maximum atomic E-state index is 13.2. The summed E-state index contributed by atoms with van der Waals surface area (Å²) in [7, 11) is 0. The lowest BCUT2D eigenvalue weighted by Gasteiger charge is -2.17. The summed E-state index contributed by atoms with van der Waals surface area (Å²) in [6, 6.07) is 14.2. The molecule has 0 fully saturated rings. The number of fused-ring (bicyclic) bond motifs is 1. The van der Waals surface area contributed by atoms with Crippen molar-refractivity contribution in [2.75, 3.05) is 6.61 Å². The van der Waals surface area contributed by atoms with Gasteiger partial charge >= 0.3 is 6.18 Å². The predicted molar refractivity (Wildman–Crippen MR) is 93.7 cm³/mol. The molecule has 0 unspecified atom stereocenters. The van der Waals surface area contributed by atoms with Crippen LogP contribution in [0.2, 0.25) is 0 Å². The molecule has 1 amide bonds. The second-order valence-electron chi connectivity index (χ2n) is 5.78. The highest BCUT2D eigenvalue weighted by Gasteiger charge is 2.35. The van der Waals surface area contributed by atoms with Gasteiger partial charge in [0.15, 0.2) is 0 Å². The maximum Gasteiger partial charge on any atom is 0.431 e. The van der Waals surface area contributed by atoms with Crippen LogP contribution in [-0.4, -0.2) is 17.1 Å². The molecule has 140 valence electrons. The second-order valence-corrected chi connectivity index (χ2v) is 5.78. The molecule has 0 aliphatic carbocycles. The first-order chi connectivity index (χ1) is 12.8. The predicted octanol–water partition coefficient (Wildman–Crippen LogP) is 3.20. The quantitative estimate of drug-likeness (QED) is 0.743. The van der Waals surface area contributed by atoms with Gasteiger partial charge in [-0.2, -0.15) is 13.2 Å². The van der Waals surface area contributed by atoms with Crippen molar-refractivity contribution in [2.24, 2.45) is 5.73 Å².